The Balaban J connectivity index is 1.95. The minimum Gasteiger partial charge on any atom is -0.331 e. The van der Waals surface area contributed by atoms with Gasteiger partial charge in [-0.05, 0) is 25.1 Å². The van der Waals surface area contributed by atoms with Gasteiger partial charge in [0.1, 0.15) is 0 Å². The Hall–Kier alpha value is -1.72. The van der Waals surface area contributed by atoms with E-state index in [1.807, 2.05) is 6.92 Å². The number of anilines is 1. The number of amides is 2. The summed E-state index contributed by atoms with van der Waals surface area (Å²) in [6.07, 6.45) is 3.38. The van der Waals surface area contributed by atoms with Gasteiger partial charge in [-0.3, -0.25) is 5.10 Å². The first-order valence-electron chi connectivity index (χ1n) is 5.57. The van der Waals surface area contributed by atoms with E-state index in [0.29, 0.717) is 15.7 Å². The minimum absolute atomic E-state index is 0.151. The molecule has 0 saturated heterocycles. The molecule has 0 fully saturated rings. The molecule has 0 aliphatic heterocycles. The van der Waals surface area contributed by atoms with E-state index < -0.39 is 0 Å². The van der Waals surface area contributed by atoms with E-state index in [2.05, 4.69) is 20.8 Å². The molecule has 19 heavy (non-hydrogen) atoms. The summed E-state index contributed by atoms with van der Waals surface area (Å²) in [5.74, 6) is 0. The Morgan fingerprint density at radius 2 is 2.16 bits per heavy atom. The van der Waals surface area contributed by atoms with Crippen molar-refractivity contribution in [3.05, 3.63) is 46.2 Å². The molecule has 0 saturated carbocycles. The Morgan fingerprint density at radius 3 is 2.79 bits per heavy atom. The van der Waals surface area contributed by atoms with Crippen molar-refractivity contribution < 1.29 is 4.79 Å². The van der Waals surface area contributed by atoms with Gasteiger partial charge in [-0.25, -0.2) is 4.79 Å². The Kier molecular flexibility index (Phi) is 4.29. The lowest BCUT2D eigenvalue weighted by Crippen LogP contribution is -2.30. The molecule has 2 rings (SSSR count). The highest BCUT2D eigenvalue weighted by Crippen LogP contribution is 2.25. The van der Waals surface area contributed by atoms with Crippen molar-refractivity contribution in [2.45, 2.75) is 13.0 Å². The molecular formula is C12H12Cl2N4O. The number of halogens is 2. The van der Waals surface area contributed by atoms with Crippen LogP contribution in [0.1, 0.15) is 18.5 Å². The molecule has 1 atom stereocenters. The van der Waals surface area contributed by atoms with E-state index in [9.17, 15) is 4.79 Å². The van der Waals surface area contributed by atoms with Gasteiger partial charge in [0.2, 0.25) is 0 Å². The van der Waals surface area contributed by atoms with Crippen molar-refractivity contribution in [1.29, 1.82) is 0 Å². The molecule has 1 aromatic heterocycles. The lowest BCUT2D eigenvalue weighted by molar-refractivity contribution is 0.249. The van der Waals surface area contributed by atoms with Crippen LogP contribution in [0.3, 0.4) is 0 Å². The predicted octanol–water partition coefficient (Wildman–Crippen LogP) is 3.60. The number of urea groups is 1. The number of rotatable bonds is 3. The van der Waals surface area contributed by atoms with Crippen LogP contribution in [0.15, 0.2) is 30.6 Å². The van der Waals surface area contributed by atoms with Crippen LogP contribution in [0.2, 0.25) is 10.0 Å². The smallest absolute Gasteiger partial charge is 0.319 e. The molecule has 3 N–H and O–H groups in total. The second-order valence-electron chi connectivity index (χ2n) is 3.98. The maximum Gasteiger partial charge on any atom is 0.319 e. The number of carbonyl (C=O) groups excluding carboxylic acids is 1. The second kappa shape index (κ2) is 5.95. The normalized spacial score (nSPS) is 11.9. The summed E-state index contributed by atoms with van der Waals surface area (Å²) in [5, 5.41) is 12.8. The molecule has 0 radical (unpaired) electrons. The maximum absolute atomic E-state index is 11.8. The number of hydrogen-bond donors (Lipinski definition) is 3. The molecule has 0 aliphatic carbocycles. The van der Waals surface area contributed by atoms with Gasteiger partial charge in [0, 0.05) is 17.4 Å². The van der Waals surface area contributed by atoms with Gasteiger partial charge in [-0.2, -0.15) is 5.10 Å². The SMILES string of the molecule is CC(NC(=O)Nc1ccc(Cl)c(Cl)c1)c1cn[nH]c1. The van der Waals surface area contributed by atoms with E-state index in [1.165, 1.54) is 0 Å². The predicted molar refractivity (Wildman–Crippen MR) is 75.6 cm³/mol. The van der Waals surface area contributed by atoms with E-state index >= 15 is 0 Å². The summed E-state index contributed by atoms with van der Waals surface area (Å²) in [7, 11) is 0. The van der Waals surface area contributed by atoms with Crippen LogP contribution in [-0.4, -0.2) is 16.2 Å². The molecular weight excluding hydrogens is 287 g/mol. The first-order valence-corrected chi connectivity index (χ1v) is 6.33. The third-order valence-corrected chi connectivity index (χ3v) is 3.28. The summed E-state index contributed by atoms with van der Waals surface area (Å²) < 4.78 is 0. The van der Waals surface area contributed by atoms with Crippen molar-refractivity contribution in [1.82, 2.24) is 15.5 Å². The van der Waals surface area contributed by atoms with Gasteiger partial charge in [-0.1, -0.05) is 23.2 Å². The van der Waals surface area contributed by atoms with E-state index in [1.54, 1.807) is 30.6 Å². The first kappa shape index (κ1) is 13.7. The fourth-order valence-corrected chi connectivity index (χ4v) is 1.82. The molecule has 2 amide bonds. The van der Waals surface area contributed by atoms with Crippen LogP contribution in [0.5, 0.6) is 0 Å². The zero-order valence-corrected chi connectivity index (χ0v) is 11.6. The molecule has 0 aliphatic rings. The number of hydrogen-bond acceptors (Lipinski definition) is 2. The van der Waals surface area contributed by atoms with E-state index in [-0.39, 0.29) is 12.1 Å². The van der Waals surface area contributed by atoms with Crippen LogP contribution in [0.25, 0.3) is 0 Å². The van der Waals surface area contributed by atoms with Gasteiger partial charge in [0.05, 0.1) is 22.3 Å². The maximum atomic E-state index is 11.8. The Labute approximate surface area is 120 Å². The molecule has 100 valence electrons. The van der Waals surface area contributed by atoms with Crippen LogP contribution in [0, 0.1) is 0 Å². The van der Waals surface area contributed by atoms with Crippen molar-refractivity contribution >= 4 is 34.9 Å². The van der Waals surface area contributed by atoms with Crippen LogP contribution < -0.4 is 10.6 Å². The second-order valence-corrected chi connectivity index (χ2v) is 4.80. The lowest BCUT2D eigenvalue weighted by atomic mass is 10.2. The molecule has 0 spiro atoms. The quantitative estimate of drug-likeness (QED) is 0.810. The van der Waals surface area contributed by atoms with Gasteiger partial charge in [0.15, 0.2) is 0 Å². The number of aromatic amines is 1. The summed E-state index contributed by atoms with van der Waals surface area (Å²) >= 11 is 11.7. The third-order valence-electron chi connectivity index (χ3n) is 2.54. The van der Waals surface area contributed by atoms with Gasteiger partial charge in [0.25, 0.3) is 0 Å². The fourth-order valence-electron chi connectivity index (χ4n) is 1.52. The van der Waals surface area contributed by atoms with Gasteiger partial charge >= 0.3 is 6.03 Å². The van der Waals surface area contributed by atoms with Crippen molar-refractivity contribution in [3.8, 4) is 0 Å². The number of benzene rings is 1. The van der Waals surface area contributed by atoms with Crippen LogP contribution >= 0.6 is 23.2 Å². The number of aromatic nitrogens is 2. The first-order chi connectivity index (χ1) is 9.06. The highest BCUT2D eigenvalue weighted by atomic mass is 35.5. The molecule has 5 nitrogen and oxygen atoms in total. The number of nitrogens with one attached hydrogen (secondary N) is 3. The topological polar surface area (TPSA) is 69.8 Å². The molecule has 1 aromatic carbocycles. The monoisotopic (exact) mass is 298 g/mol. The zero-order valence-electron chi connectivity index (χ0n) is 10.1. The van der Waals surface area contributed by atoms with E-state index in [4.69, 9.17) is 23.2 Å². The van der Waals surface area contributed by atoms with Crippen LogP contribution in [-0.2, 0) is 0 Å². The average Bonchev–Trinajstić information content (AvgIpc) is 2.87. The third kappa shape index (κ3) is 3.62. The molecule has 1 unspecified atom stereocenters. The Bertz CT molecular complexity index is 571. The fraction of sp³-hybridized carbons (Fsp3) is 0.167. The molecule has 1 heterocycles. The number of nitrogens with zero attached hydrogens (tertiary/aromatic N) is 1. The lowest BCUT2D eigenvalue weighted by Gasteiger charge is -2.13. The number of H-pyrrole nitrogens is 1. The molecule has 0 bridgehead atoms. The summed E-state index contributed by atoms with van der Waals surface area (Å²) in [6, 6.07) is 4.41. The van der Waals surface area contributed by atoms with Gasteiger partial charge in [-0.15, -0.1) is 0 Å². The van der Waals surface area contributed by atoms with Crippen molar-refractivity contribution in [2.24, 2.45) is 0 Å². The van der Waals surface area contributed by atoms with E-state index in [0.717, 1.165) is 5.56 Å². The average molecular weight is 299 g/mol. The highest BCUT2D eigenvalue weighted by molar-refractivity contribution is 6.42. The molecule has 7 heteroatoms. The largest absolute Gasteiger partial charge is 0.331 e. The van der Waals surface area contributed by atoms with Crippen molar-refractivity contribution in [3.63, 3.8) is 0 Å². The summed E-state index contributed by atoms with van der Waals surface area (Å²) in [6.45, 7) is 1.86. The van der Waals surface area contributed by atoms with Crippen LogP contribution in [0.4, 0.5) is 10.5 Å². The highest BCUT2D eigenvalue weighted by Gasteiger charge is 2.10. The summed E-state index contributed by atoms with van der Waals surface area (Å²) in [4.78, 5) is 11.8. The number of carbonyl (C=O) groups is 1. The van der Waals surface area contributed by atoms with Crippen molar-refractivity contribution in [2.75, 3.05) is 5.32 Å². The molecule has 2 aromatic rings. The summed E-state index contributed by atoms with van der Waals surface area (Å²) in [5.41, 5.74) is 1.47. The Morgan fingerprint density at radius 1 is 1.37 bits per heavy atom. The van der Waals surface area contributed by atoms with Gasteiger partial charge < -0.3 is 10.6 Å². The minimum atomic E-state index is -0.327. The standard InChI is InChI=1S/C12H12Cl2N4O/c1-7(8-5-15-16-6-8)17-12(19)18-9-2-3-10(13)11(14)4-9/h2-7H,1H3,(H,15,16)(H2,17,18,19). The zero-order chi connectivity index (χ0) is 13.8.